The molecule has 110 valence electrons. The van der Waals surface area contributed by atoms with E-state index in [-0.39, 0.29) is 5.97 Å². The molecule has 19 heavy (non-hydrogen) atoms. The minimum atomic E-state index is -0.102. The number of allylic oxidation sites excluding steroid dienone is 1. The van der Waals surface area contributed by atoms with E-state index in [4.69, 9.17) is 4.74 Å². The molecule has 2 nitrogen and oxygen atoms in total. The molecule has 0 aromatic rings. The third-order valence-electron chi connectivity index (χ3n) is 4.07. The highest BCUT2D eigenvalue weighted by molar-refractivity contribution is 5.88. The Labute approximate surface area is 118 Å². The number of rotatable bonds is 5. The lowest BCUT2D eigenvalue weighted by Crippen LogP contribution is -2.16. The van der Waals surface area contributed by atoms with Gasteiger partial charge in [-0.1, -0.05) is 52.0 Å². The summed E-state index contributed by atoms with van der Waals surface area (Å²) in [6.07, 6.45) is 13.1. The predicted octanol–water partition coefficient (Wildman–Crippen LogP) is 4.88. The molecule has 0 unspecified atom stereocenters. The maximum atomic E-state index is 12.0. The molecule has 0 spiro atoms. The number of esters is 1. The summed E-state index contributed by atoms with van der Waals surface area (Å²) in [6.45, 7) is 4.45. The van der Waals surface area contributed by atoms with Crippen molar-refractivity contribution in [2.75, 3.05) is 7.11 Å². The molecule has 0 saturated heterocycles. The van der Waals surface area contributed by atoms with Gasteiger partial charge in [0.25, 0.3) is 0 Å². The number of carbonyl (C=O) groups is 1. The van der Waals surface area contributed by atoms with Crippen LogP contribution in [0.3, 0.4) is 0 Å². The summed E-state index contributed by atoms with van der Waals surface area (Å²) in [7, 11) is 1.50. The number of carbonyl (C=O) groups excluding carboxylic acids is 1. The Morgan fingerprint density at radius 2 is 1.74 bits per heavy atom. The highest BCUT2D eigenvalue weighted by Crippen LogP contribution is 2.29. The smallest absolute Gasteiger partial charge is 0.333 e. The lowest BCUT2D eigenvalue weighted by Gasteiger charge is -2.21. The molecular formula is C17H30O2. The van der Waals surface area contributed by atoms with Crippen molar-refractivity contribution in [3.05, 3.63) is 11.6 Å². The van der Waals surface area contributed by atoms with Crippen molar-refractivity contribution in [2.45, 2.75) is 71.6 Å². The van der Waals surface area contributed by atoms with Gasteiger partial charge in [0.05, 0.1) is 7.11 Å². The van der Waals surface area contributed by atoms with Gasteiger partial charge in [0.15, 0.2) is 0 Å². The average Bonchev–Trinajstić information content (AvgIpc) is 2.34. The molecule has 1 saturated carbocycles. The van der Waals surface area contributed by atoms with Crippen LogP contribution in [0.1, 0.15) is 71.6 Å². The molecule has 0 aliphatic heterocycles. The SMILES string of the molecule is COC(=O)C(=CCCC(C)C)C1CCCCCCC1. The average molecular weight is 266 g/mol. The van der Waals surface area contributed by atoms with Gasteiger partial charge in [-0.2, -0.15) is 0 Å². The molecule has 0 aromatic carbocycles. The first-order valence-electron chi connectivity index (χ1n) is 7.93. The van der Waals surface area contributed by atoms with Gasteiger partial charge in [0.2, 0.25) is 0 Å². The Kier molecular flexibility index (Phi) is 7.85. The van der Waals surface area contributed by atoms with Crippen molar-refractivity contribution in [2.24, 2.45) is 11.8 Å². The maximum Gasteiger partial charge on any atom is 0.333 e. The van der Waals surface area contributed by atoms with Gasteiger partial charge in [-0.05, 0) is 37.5 Å². The fourth-order valence-corrected chi connectivity index (χ4v) is 2.87. The van der Waals surface area contributed by atoms with Crippen LogP contribution in [0.5, 0.6) is 0 Å². The third kappa shape index (κ3) is 6.26. The molecule has 1 aliphatic rings. The quantitative estimate of drug-likeness (QED) is 0.523. The zero-order valence-electron chi connectivity index (χ0n) is 12.9. The Morgan fingerprint density at radius 1 is 1.16 bits per heavy atom. The van der Waals surface area contributed by atoms with Gasteiger partial charge < -0.3 is 4.74 Å². The van der Waals surface area contributed by atoms with Crippen LogP contribution in [0.25, 0.3) is 0 Å². The highest BCUT2D eigenvalue weighted by Gasteiger charge is 2.21. The summed E-state index contributed by atoms with van der Waals surface area (Å²) < 4.78 is 4.99. The Balaban J connectivity index is 2.67. The van der Waals surface area contributed by atoms with E-state index in [1.807, 2.05) is 0 Å². The predicted molar refractivity (Wildman–Crippen MR) is 80.0 cm³/mol. The Bertz CT molecular complexity index is 284. The molecule has 0 amide bonds. The molecule has 1 rings (SSSR count). The summed E-state index contributed by atoms with van der Waals surface area (Å²) in [5, 5.41) is 0. The summed E-state index contributed by atoms with van der Waals surface area (Å²) in [6, 6.07) is 0. The van der Waals surface area contributed by atoms with Crippen LogP contribution >= 0.6 is 0 Å². The standard InChI is InChI=1S/C17H30O2/c1-14(2)10-9-13-16(17(18)19-3)15-11-7-5-4-6-8-12-15/h13-15H,4-12H2,1-3H3. The van der Waals surface area contributed by atoms with Crippen LogP contribution in [0.2, 0.25) is 0 Å². The first kappa shape index (κ1) is 16.3. The molecule has 0 atom stereocenters. The van der Waals surface area contributed by atoms with Crippen molar-refractivity contribution in [1.29, 1.82) is 0 Å². The van der Waals surface area contributed by atoms with E-state index < -0.39 is 0 Å². The largest absolute Gasteiger partial charge is 0.466 e. The van der Waals surface area contributed by atoms with Crippen LogP contribution in [0.4, 0.5) is 0 Å². The minimum Gasteiger partial charge on any atom is -0.466 e. The molecule has 0 N–H and O–H groups in total. The van der Waals surface area contributed by atoms with Crippen molar-refractivity contribution in [3.8, 4) is 0 Å². The second kappa shape index (κ2) is 9.17. The number of hydrogen-bond acceptors (Lipinski definition) is 2. The zero-order chi connectivity index (χ0) is 14.1. The van der Waals surface area contributed by atoms with E-state index in [2.05, 4.69) is 19.9 Å². The van der Waals surface area contributed by atoms with Gasteiger partial charge in [0.1, 0.15) is 0 Å². The second-order valence-corrected chi connectivity index (χ2v) is 6.16. The van der Waals surface area contributed by atoms with Crippen LogP contribution in [0, 0.1) is 11.8 Å². The highest BCUT2D eigenvalue weighted by atomic mass is 16.5. The molecule has 1 fully saturated rings. The van der Waals surface area contributed by atoms with E-state index in [1.165, 1.54) is 39.2 Å². The summed E-state index contributed by atoms with van der Waals surface area (Å²) in [5.74, 6) is 1.02. The molecule has 0 bridgehead atoms. The molecular weight excluding hydrogens is 236 g/mol. The summed E-state index contributed by atoms with van der Waals surface area (Å²) in [5.41, 5.74) is 0.949. The van der Waals surface area contributed by atoms with Gasteiger partial charge in [-0.3, -0.25) is 0 Å². The topological polar surface area (TPSA) is 26.3 Å². The molecule has 2 heteroatoms. The minimum absolute atomic E-state index is 0.102. The maximum absolute atomic E-state index is 12.0. The second-order valence-electron chi connectivity index (χ2n) is 6.16. The zero-order valence-corrected chi connectivity index (χ0v) is 12.9. The van der Waals surface area contributed by atoms with Crippen LogP contribution in [-0.4, -0.2) is 13.1 Å². The fraction of sp³-hybridized carbons (Fsp3) is 0.824. The van der Waals surface area contributed by atoms with E-state index in [9.17, 15) is 4.79 Å². The van der Waals surface area contributed by atoms with Gasteiger partial charge in [0, 0.05) is 5.57 Å². The van der Waals surface area contributed by atoms with E-state index >= 15 is 0 Å². The van der Waals surface area contributed by atoms with Gasteiger partial charge >= 0.3 is 5.97 Å². The molecule has 0 heterocycles. The van der Waals surface area contributed by atoms with Crippen LogP contribution in [0.15, 0.2) is 11.6 Å². The number of ether oxygens (including phenoxy) is 1. The monoisotopic (exact) mass is 266 g/mol. The fourth-order valence-electron chi connectivity index (χ4n) is 2.87. The Hall–Kier alpha value is -0.790. The van der Waals surface area contributed by atoms with Crippen molar-refractivity contribution < 1.29 is 9.53 Å². The molecule has 0 aromatic heterocycles. The van der Waals surface area contributed by atoms with Crippen molar-refractivity contribution in [1.82, 2.24) is 0 Å². The van der Waals surface area contributed by atoms with Gasteiger partial charge in [-0.25, -0.2) is 4.79 Å². The number of hydrogen-bond donors (Lipinski definition) is 0. The van der Waals surface area contributed by atoms with Crippen LogP contribution in [-0.2, 0) is 9.53 Å². The first-order valence-corrected chi connectivity index (χ1v) is 7.93. The van der Waals surface area contributed by atoms with E-state index in [1.54, 1.807) is 0 Å². The lowest BCUT2D eigenvalue weighted by atomic mass is 9.85. The van der Waals surface area contributed by atoms with Crippen molar-refractivity contribution in [3.63, 3.8) is 0 Å². The van der Waals surface area contributed by atoms with Crippen LogP contribution < -0.4 is 0 Å². The van der Waals surface area contributed by atoms with E-state index in [0.29, 0.717) is 11.8 Å². The summed E-state index contributed by atoms with van der Waals surface area (Å²) in [4.78, 5) is 12.0. The first-order chi connectivity index (χ1) is 9.15. The van der Waals surface area contributed by atoms with Gasteiger partial charge in [-0.15, -0.1) is 0 Å². The molecule has 0 radical (unpaired) electrons. The summed E-state index contributed by atoms with van der Waals surface area (Å²) >= 11 is 0. The third-order valence-corrected chi connectivity index (χ3v) is 4.07. The number of methoxy groups -OCH3 is 1. The Morgan fingerprint density at radius 3 is 2.26 bits per heavy atom. The van der Waals surface area contributed by atoms with E-state index in [0.717, 1.165) is 31.3 Å². The lowest BCUT2D eigenvalue weighted by molar-refractivity contribution is -0.136. The normalized spacial score (nSPS) is 19.1. The van der Waals surface area contributed by atoms with Crippen molar-refractivity contribution >= 4 is 5.97 Å². The molecule has 1 aliphatic carbocycles.